The topological polar surface area (TPSA) is 87.7 Å². The van der Waals surface area contributed by atoms with Crippen molar-refractivity contribution in [2.45, 2.75) is 46.2 Å². The van der Waals surface area contributed by atoms with E-state index in [4.69, 9.17) is 4.74 Å². The molecule has 134 valence electrons. The van der Waals surface area contributed by atoms with Crippen molar-refractivity contribution in [1.82, 2.24) is 10.6 Å². The third-order valence-corrected chi connectivity index (χ3v) is 3.48. The van der Waals surface area contributed by atoms with E-state index in [2.05, 4.69) is 10.6 Å². The van der Waals surface area contributed by atoms with Crippen LogP contribution >= 0.6 is 0 Å². The SMILES string of the molecule is COc1ccccc1C(CO)NC(=O)C(C)NC(=O)CC(C)(C)C. The van der Waals surface area contributed by atoms with Gasteiger partial charge in [0.05, 0.1) is 19.8 Å². The molecule has 0 radical (unpaired) electrons. The molecule has 1 rings (SSSR count). The third-order valence-electron chi connectivity index (χ3n) is 3.48. The number of aliphatic hydroxyl groups excluding tert-OH is 1. The number of amides is 2. The number of benzene rings is 1. The van der Waals surface area contributed by atoms with Crippen molar-refractivity contribution < 1.29 is 19.4 Å². The Kier molecular flexibility index (Phi) is 7.22. The minimum atomic E-state index is -0.691. The lowest BCUT2D eigenvalue weighted by Crippen LogP contribution is -2.47. The van der Waals surface area contributed by atoms with Crippen LogP contribution in [-0.4, -0.2) is 36.7 Å². The molecule has 6 nitrogen and oxygen atoms in total. The van der Waals surface area contributed by atoms with Crippen LogP contribution in [0.25, 0.3) is 0 Å². The van der Waals surface area contributed by atoms with Crippen molar-refractivity contribution in [3.05, 3.63) is 29.8 Å². The van der Waals surface area contributed by atoms with Crippen molar-refractivity contribution in [2.75, 3.05) is 13.7 Å². The van der Waals surface area contributed by atoms with Crippen LogP contribution in [-0.2, 0) is 9.59 Å². The maximum absolute atomic E-state index is 12.3. The average Bonchev–Trinajstić information content (AvgIpc) is 2.50. The number of hydrogen-bond donors (Lipinski definition) is 3. The smallest absolute Gasteiger partial charge is 0.242 e. The minimum Gasteiger partial charge on any atom is -0.496 e. The van der Waals surface area contributed by atoms with Gasteiger partial charge in [-0.15, -0.1) is 0 Å². The summed E-state index contributed by atoms with van der Waals surface area (Å²) < 4.78 is 5.26. The summed E-state index contributed by atoms with van der Waals surface area (Å²) in [4.78, 5) is 24.2. The van der Waals surface area contributed by atoms with Gasteiger partial charge in [0.15, 0.2) is 0 Å². The van der Waals surface area contributed by atoms with Gasteiger partial charge in [-0.3, -0.25) is 9.59 Å². The highest BCUT2D eigenvalue weighted by Crippen LogP contribution is 2.24. The van der Waals surface area contributed by atoms with Gasteiger partial charge in [0, 0.05) is 12.0 Å². The van der Waals surface area contributed by atoms with Crippen LogP contribution in [0.1, 0.15) is 45.7 Å². The molecule has 2 unspecified atom stereocenters. The summed E-state index contributed by atoms with van der Waals surface area (Å²) in [6, 6.07) is 5.87. The van der Waals surface area contributed by atoms with Gasteiger partial charge in [-0.1, -0.05) is 39.0 Å². The summed E-state index contributed by atoms with van der Waals surface area (Å²) >= 11 is 0. The number of carbonyl (C=O) groups excluding carboxylic acids is 2. The summed E-state index contributed by atoms with van der Waals surface area (Å²) in [6.07, 6.45) is 0.334. The Morgan fingerprint density at radius 1 is 1.21 bits per heavy atom. The lowest BCUT2D eigenvalue weighted by Gasteiger charge is -2.23. The summed E-state index contributed by atoms with van der Waals surface area (Å²) in [5, 5.41) is 15.0. The fraction of sp³-hybridized carbons (Fsp3) is 0.556. The van der Waals surface area contributed by atoms with Gasteiger partial charge in [-0.2, -0.15) is 0 Å². The Hall–Kier alpha value is -2.08. The molecule has 0 bridgehead atoms. The summed E-state index contributed by atoms with van der Waals surface area (Å²) in [6.45, 7) is 7.23. The first-order chi connectivity index (χ1) is 11.2. The molecule has 24 heavy (non-hydrogen) atoms. The number of carbonyl (C=O) groups is 2. The molecule has 2 atom stereocenters. The molecule has 0 saturated heterocycles. The largest absolute Gasteiger partial charge is 0.496 e. The van der Waals surface area contributed by atoms with Crippen molar-refractivity contribution in [3.8, 4) is 5.75 Å². The number of nitrogens with one attached hydrogen (secondary N) is 2. The molecular weight excluding hydrogens is 308 g/mol. The number of hydrogen-bond acceptors (Lipinski definition) is 4. The van der Waals surface area contributed by atoms with Gasteiger partial charge in [0.2, 0.25) is 11.8 Å². The number of aliphatic hydroxyl groups is 1. The zero-order valence-electron chi connectivity index (χ0n) is 15.1. The molecule has 6 heteroatoms. The molecule has 0 aromatic heterocycles. The maximum atomic E-state index is 12.3. The molecule has 0 fully saturated rings. The third kappa shape index (κ3) is 6.20. The molecule has 0 heterocycles. The highest BCUT2D eigenvalue weighted by atomic mass is 16.5. The fourth-order valence-corrected chi connectivity index (χ4v) is 2.31. The summed E-state index contributed by atoms with van der Waals surface area (Å²) in [5.41, 5.74) is 0.537. The Morgan fingerprint density at radius 3 is 2.38 bits per heavy atom. The number of methoxy groups -OCH3 is 1. The lowest BCUT2D eigenvalue weighted by atomic mass is 9.92. The standard InChI is InChI=1S/C18H28N2O4/c1-12(19-16(22)10-18(2,3)4)17(23)20-14(11-21)13-8-6-7-9-15(13)24-5/h6-9,12,14,21H,10-11H2,1-5H3,(H,19,22)(H,20,23). The molecule has 0 aliphatic carbocycles. The average molecular weight is 336 g/mol. The van der Waals surface area contributed by atoms with Crippen LogP contribution in [0.2, 0.25) is 0 Å². The van der Waals surface area contributed by atoms with Crippen LogP contribution in [0.5, 0.6) is 5.75 Å². The predicted octanol–water partition coefficient (Wildman–Crippen LogP) is 1.79. The van der Waals surface area contributed by atoms with Crippen molar-refractivity contribution in [2.24, 2.45) is 5.41 Å². The van der Waals surface area contributed by atoms with E-state index in [1.165, 1.54) is 7.11 Å². The van der Waals surface area contributed by atoms with Gasteiger partial charge >= 0.3 is 0 Å². The Bertz CT molecular complexity index is 566. The summed E-state index contributed by atoms with van der Waals surface area (Å²) in [5.74, 6) is 0.0477. The Morgan fingerprint density at radius 2 is 1.83 bits per heavy atom. The van der Waals surface area contributed by atoms with Gasteiger partial charge in [-0.05, 0) is 18.4 Å². The second-order valence-corrected chi connectivity index (χ2v) is 7.01. The summed E-state index contributed by atoms with van der Waals surface area (Å²) in [7, 11) is 1.53. The molecular formula is C18H28N2O4. The van der Waals surface area contributed by atoms with Gasteiger partial charge in [0.1, 0.15) is 11.8 Å². The first kappa shape index (κ1) is 20.0. The van der Waals surface area contributed by atoms with E-state index in [1.807, 2.05) is 26.8 Å². The van der Waals surface area contributed by atoms with E-state index in [1.54, 1.807) is 25.1 Å². The van der Waals surface area contributed by atoms with Crippen molar-refractivity contribution in [1.29, 1.82) is 0 Å². The van der Waals surface area contributed by atoms with E-state index in [9.17, 15) is 14.7 Å². The Balaban J connectivity index is 2.71. The number of ether oxygens (including phenoxy) is 1. The zero-order chi connectivity index (χ0) is 18.3. The van der Waals surface area contributed by atoms with E-state index < -0.39 is 12.1 Å². The van der Waals surface area contributed by atoms with Crippen molar-refractivity contribution >= 4 is 11.8 Å². The minimum absolute atomic E-state index is 0.148. The second kappa shape index (κ2) is 8.68. The molecule has 0 aliphatic heterocycles. The molecule has 0 saturated carbocycles. The molecule has 2 amide bonds. The van der Waals surface area contributed by atoms with Crippen LogP contribution in [0.15, 0.2) is 24.3 Å². The monoisotopic (exact) mass is 336 g/mol. The van der Waals surface area contributed by atoms with Crippen LogP contribution < -0.4 is 15.4 Å². The first-order valence-electron chi connectivity index (χ1n) is 8.01. The van der Waals surface area contributed by atoms with Gasteiger partial charge < -0.3 is 20.5 Å². The second-order valence-electron chi connectivity index (χ2n) is 7.01. The molecule has 1 aromatic carbocycles. The highest BCUT2D eigenvalue weighted by molar-refractivity contribution is 5.87. The quantitative estimate of drug-likeness (QED) is 0.708. The van der Waals surface area contributed by atoms with E-state index in [-0.39, 0.29) is 23.8 Å². The Labute approximate surface area is 143 Å². The van der Waals surface area contributed by atoms with Crippen molar-refractivity contribution in [3.63, 3.8) is 0 Å². The van der Waals surface area contributed by atoms with Crippen LogP contribution in [0, 0.1) is 5.41 Å². The van der Waals surface area contributed by atoms with Gasteiger partial charge in [0.25, 0.3) is 0 Å². The predicted molar refractivity (Wildman–Crippen MR) is 92.6 cm³/mol. The molecule has 0 spiro atoms. The van der Waals surface area contributed by atoms with Crippen LogP contribution in [0.4, 0.5) is 0 Å². The zero-order valence-corrected chi connectivity index (χ0v) is 15.1. The molecule has 0 aliphatic rings. The number of para-hydroxylation sites is 1. The molecule has 3 N–H and O–H groups in total. The normalized spacial score (nSPS) is 13.8. The maximum Gasteiger partial charge on any atom is 0.242 e. The van der Waals surface area contributed by atoms with E-state index in [0.717, 1.165) is 0 Å². The molecule has 1 aromatic rings. The first-order valence-corrected chi connectivity index (χ1v) is 8.01. The lowest BCUT2D eigenvalue weighted by molar-refractivity contribution is -0.130. The van der Waals surface area contributed by atoms with E-state index in [0.29, 0.717) is 17.7 Å². The van der Waals surface area contributed by atoms with Gasteiger partial charge in [-0.25, -0.2) is 0 Å². The van der Waals surface area contributed by atoms with E-state index >= 15 is 0 Å². The fourth-order valence-electron chi connectivity index (χ4n) is 2.31. The number of rotatable bonds is 7. The van der Waals surface area contributed by atoms with Crippen LogP contribution in [0.3, 0.4) is 0 Å². The highest BCUT2D eigenvalue weighted by Gasteiger charge is 2.23.